The number of para-hydroxylation sites is 1. The second-order valence-electron chi connectivity index (χ2n) is 6.57. The summed E-state index contributed by atoms with van der Waals surface area (Å²) in [7, 11) is -4.20. The summed E-state index contributed by atoms with van der Waals surface area (Å²) >= 11 is 5.92. The van der Waals surface area contributed by atoms with E-state index in [-0.39, 0.29) is 5.69 Å². The molecule has 4 rings (SSSR count). The number of nitrogens with one attached hydrogen (secondary N) is 1. The number of alkyl halides is 3. The smallest absolute Gasteiger partial charge is 0.406 e. The van der Waals surface area contributed by atoms with Gasteiger partial charge >= 0.3 is 6.36 Å². The number of benzene rings is 3. The number of sulfonamides is 1. The molecule has 11 heteroatoms. The quantitative estimate of drug-likeness (QED) is 0.400. The third kappa shape index (κ3) is 4.76. The Morgan fingerprint density at radius 2 is 1.72 bits per heavy atom. The zero-order valence-corrected chi connectivity index (χ0v) is 17.5. The highest BCUT2D eigenvalue weighted by molar-refractivity contribution is 7.92. The molecule has 0 atom stereocenters. The van der Waals surface area contributed by atoms with Crippen LogP contribution in [-0.4, -0.2) is 24.7 Å². The molecule has 0 aliphatic heterocycles. The van der Waals surface area contributed by atoms with Crippen molar-refractivity contribution in [2.45, 2.75) is 11.3 Å². The molecule has 0 aliphatic carbocycles. The largest absolute Gasteiger partial charge is 0.573 e. The van der Waals surface area contributed by atoms with E-state index in [0.717, 1.165) is 29.1 Å². The Balaban J connectivity index is 1.65. The molecule has 1 N–H and O–H groups in total. The van der Waals surface area contributed by atoms with Crippen molar-refractivity contribution in [2.24, 2.45) is 0 Å². The first-order valence-corrected chi connectivity index (χ1v) is 10.9. The third-order valence-electron chi connectivity index (χ3n) is 4.36. The predicted molar refractivity (Wildman–Crippen MR) is 114 cm³/mol. The number of anilines is 1. The van der Waals surface area contributed by atoms with Gasteiger partial charge in [-0.3, -0.25) is 4.72 Å². The molecule has 0 unspecified atom stereocenters. The first-order chi connectivity index (χ1) is 15.1. The van der Waals surface area contributed by atoms with E-state index in [1.807, 2.05) is 24.3 Å². The number of nitrogens with zero attached hydrogens (tertiary/aromatic N) is 2. The summed E-state index contributed by atoms with van der Waals surface area (Å²) in [6, 6.07) is 16.5. The lowest BCUT2D eigenvalue weighted by Gasteiger charge is -2.13. The van der Waals surface area contributed by atoms with E-state index in [9.17, 15) is 21.6 Å². The van der Waals surface area contributed by atoms with Crippen LogP contribution in [0.15, 0.2) is 78.0 Å². The van der Waals surface area contributed by atoms with Crippen molar-refractivity contribution in [3.63, 3.8) is 0 Å². The van der Waals surface area contributed by atoms with Crippen molar-refractivity contribution in [3.8, 4) is 17.0 Å². The topological polar surface area (TPSA) is 81.2 Å². The standard InChI is InChI=1S/C21H13ClF3N3O3S/c22-17-11-15(31-21(23,24)25)8-9-19(17)32(29,30)28-14-5-3-4-13(10-14)20-16-6-1-2-7-18(16)26-12-27-20/h1-12,28H. The lowest BCUT2D eigenvalue weighted by atomic mass is 10.1. The van der Waals surface area contributed by atoms with Crippen LogP contribution in [-0.2, 0) is 10.0 Å². The Bertz CT molecular complexity index is 1410. The minimum Gasteiger partial charge on any atom is -0.406 e. The number of hydrogen-bond acceptors (Lipinski definition) is 5. The van der Waals surface area contributed by atoms with Crippen LogP contribution >= 0.6 is 11.6 Å². The normalized spacial score (nSPS) is 12.0. The van der Waals surface area contributed by atoms with Gasteiger partial charge in [0.05, 0.1) is 16.2 Å². The Kier molecular flexibility index (Phi) is 5.66. The van der Waals surface area contributed by atoms with E-state index in [4.69, 9.17) is 11.6 Å². The van der Waals surface area contributed by atoms with Gasteiger partial charge in [-0.15, -0.1) is 13.2 Å². The van der Waals surface area contributed by atoms with Crippen molar-refractivity contribution < 1.29 is 26.3 Å². The van der Waals surface area contributed by atoms with Gasteiger partial charge in [-0.1, -0.05) is 41.9 Å². The molecule has 4 aromatic rings. The molecule has 1 aromatic heterocycles. The second kappa shape index (κ2) is 8.29. The summed E-state index contributed by atoms with van der Waals surface area (Å²) in [5.74, 6) is -0.626. The van der Waals surface area contributed by atoms with Crippen LogP contribution in [0.1, 0.15) is 0 Å². The fraction of sp³-hybridized carbons (Fsp3) is 0.0476. The van der Waals surface area contributed by atoms with Crippen LogP contribution in [0.4, 0.5) is 18.9 Å². The van der Waals surface area contributed by atoms with Crippen LogP contribution in [0.3, 0.4) is 0 Å². The Hall–Kier alpha value is -3.37. The summed E-state index contributed by atoms with van der Waals surface area (Å²) in [5.41, 5.74) is 2.21. The molecule has 0 fully saturated rings. The first-order valence-electron chi connectivity index (χ1n) is 9.01. The lowest BCUT2D eigenvalue weighted by Crippen LogP contribution is -2.17. The van der Waals surface area contributed by atoms with Crippen LogP contribution in [0.5, 0.6) is 5.75 Å². The second-order valence-corrected chi connectivity index (χ2v) is 8.62. The average molecular weight is 480 g/mol. The van der Waals surface area contributed by atoms with Crippen molar-refractivity contribution in [1.29, 1.82) is 0 Å². The summed E-state index contributed by atoms with van der Waals surface area (Å²) in [6.45, 7) is 0. The zero-order chi connectivity index (χ0) is 22.9. The molecule has 0 saturated carbocycles. The van der Waals surface area contributed by atoms with Gasteiger partial charge in [-0.2, -0.15) is 0 Å². The predicted octanol–water partition coefficient (Wildman–Crippen LogP) is 5.65. The number of fused-ring (bicyclic) bond motifs is 1. The summed E-state index contributed by atoms with van der Waals surface area (Å²) in [5, 5.41) is 0.371. The number of ether oxygens (including phenoxy) is 1. The maximum absolute atomic E-state index is 12.8. The minimum absolute atomic E-state index is 0.219. The number of rotatable bonds is 5. The molecule has 6 nitrogen and oxygen atoms in total. The van der Waals surface area contributed by atoms with E-state index in [0.29, 0.717) is 11.3 Å². The SMILES string of the molecule is O=S(=O)(Nc1cccc(-c2ncnc3ccccc23)c1)c1ccc(OC(F)(F)F)cc1Cl. The van der Waals surface area contributed by atoms with E-state index in [1.165, 1.54) is 12.4 Å². The molecule has 0 aliphatic rings. The van der Waals surface area contributed by atoms with Crippen molar-refractivity contribution in [2.75, 3.05) is 4.72 Å². The number of hydrogen-bond donors (Lipinski definition) is 1. The van der Waals surface area contributed by atoms with E-state index < -0.39 is 32.1 Å². The van der Waals surface area contributed by atoms with Gasteiger partial charge in [-0.05, 0) is 30.3 Å². The molecule has 32 heavy (non-hydrogen) atoms. The van der Waals surface area contributed by atoms with Gasteiger partial charge in [0.1, 0.15) is 17.0 Å². The van der Waals surface area contributed by atoms with Gasteiger partial charge in [-0.25, -0.2) is 18.4 Å². The highest BCUT2D eigenvalue weighted by Gasteiger charge is 2.31. The minimum atomic E-state index is -4.92. The molecule has 1 heterocycles. The fourth-order valence-corrected chi connectivity index (χ4v) is 4.66. The monoisotopic (exact) mass is 479 g/mol. The molecule has 0 spiro atoms. The molecule has 0 amide bonds. The van der Waals surface area contributed by atoms with E-state index >= 15 is 0 Å². The lowest BCUT2D eigenvalue weighted by molar-refractivity contribution is -0.274. The molecule has 3 aromatic carbocycles. The van der Waals surface area contributed by atoms with Gasteiger partial charge in [0.2, 0.25) is 0 Å². The average Bonchev–Trinajstić information content (AvgIpc) is 2.72. The maximum Gasteiger partial charge on any atom is 0.573 e. The van der Waals surface area contributed by atoms with Gasteiger partial charge in [0, 0.05) is 22.7 Å². The summed E-state index contributed by atoms with van der Waals surface area (Å²) < 4.78 is 68.8. The Morgan fingerprint density at radius 3 is 2.47 bits per heavy atom. The molecule has 164 valence electrons. The molecular formula is C21H13ClF3N3O3S. The number of halogens is 4. The third-order valence-corrected chi connectivity index (χ3v) is 6.22. The van der Waals surface area contributed by atoms with Crippen molar-refractivity contribution in [3.05, 3.63) is 78.1 Å². The Labute approximate surface area is 185 Å². The van der Waals surface area contributed by atoms with Crippen LogP contribution in [0, 0.1) is 0 Å². The molecule has 0 saturated heterocycles. The highest BCUT2D eigenvalue weighted by atomic mass is 35.5. The summed E-state index contributed by atoms with van der Waals surface area (Å²) in [4.78, 5) is 8.12. The zero-order valence-electron chi connectivity index (χ0n) is 16.0. The summed E-state index contributed by atoms with van der Waals surface area (Å²) in [6.07, 6.45) is -3.51. The Morgan fingerprint density at radius 1 is 0.938 bits per heavy atom. The van der Waals surface area contributed by atoms with Gasteiger partial charge in [0.15, 0.2) is 0 Å². The first kappa shape index (κ1) is 21.8. The molecular weight excluding hydrogens is 467 g/mol. The molecule has 0 radical (unpaired) electrons. The fourth-order valence-electron chi connectivity index (χ4n) is 3.07. The van der Waals surface area contributed by atoms with Gasteiger partial charge in [0.25, 0.3) is 10.0 Å². The van der Waals surface area contributed by atoms with Crippen LogP contribution < -0.4 is 9.46 Å². The molecule has 0 bridgehead atoms. The van der Waals surface area contributed by atoms with Crippen LogP contribution in [0.25, 0.3) is 22.2 Å². The highest BCUT2D eigenvalue weighted by Crippen LogP contribution is 2.32. The maximum atomic E-state index is 12.8. The van der Waals surface area contributed by atoms with E-state index in [1.54, 1.807) is 18.2 Å². The van der Waals surface area contributed by atoms with E-state index in [2.05, 4.69) is 19.4 Å². The van der Waals surface area contributed by atoms with Crippen molar-refractivity contribution >= 4 is 38.2 Å². The number of aromatic nitrogens is 2. The van der Waals surface area contributed by atoms with Crippen molar-refractivity contribution in [1.82, 2.24) is 9.97 Å². The van der Waals surface area contributed by atoms with Crippen LogP contribution in [0.2, 0.25) is 5.02 Å². The van der Waals surface area contributed by atoms with Gasteiger partial charge < -0.3 is 4.74 Å².